The molecule has 0 aliphatic carbocycles. The number of nitrogens with zero attached hydrogens (tertiary/aromatic N) is 2. The first-order valence-corrected chi connectivity index (χ1v) is 9.69. The molecule has 146 valence electrons. The third kappa shape index (κ3) is 5.79. The summed E-state index contributed by atoms with van der Waals surface area (Å²) < 4.78 is 1.97. The third-order valence-electron chi connectivity index (χ3n) is 4.77. The molecule has 0 atom stereocenters. The second kappa shape index (κ2) is 11.4. The molecule has 1 aromatic heterocycles. The summed E-state index contributed by atoms with van der Waals surface area (Å²) >= 11 is 6.20. The maximum Gasteiger partial charge on any atom is 1.00 e. The van der Waals surface area contributed by atoms with Crippen molar-refractivity contribution in [2.24, 2.45) is 0 Å². The van der Waals surface area contributed by atoms with E-state index in [1.807, 2.05) is 34.9 Å². The van der Waals surface area contributed by atoms with Crippen LogP contribution < -0.4 is 51.4 Å². The number of aromatic carboxylic acids is 1. The van der Waals surface area contributed by atoms with Crippen LogP contribution in [0.1, 0.15) is 47.2 Å². The van der Waals surface area contributed by atoms with Crippen molar-refractivity contribution >= 4 is 17.6 Å². The fraction of sp³-hybridized carbons (Fsp3) is 0.273. The first kappa shape index (κ1) is 24.3. The summed E-state index contributed by atoms with van der Waals surface area (Å²) in [5.41, 5.74) is 3.46. The largest absolute Gasteiger partial charge is 1.00 e. The van der Waals surface area contributed by atoms with Gasteiger partial charge in [0.1, 0.15) is 5.82 Å². The van der Waals surface area contributed by atoms with E-state index in [9.17, 15) is 15.0 Å². The SMILES string of the molecule is CCCCc1nc(Cl)c(CO)n1Cc1ccc(-c2ccccc2C(=O)O)cc1.[K+]. The van der Waals surface area contributed by atoms with Gasteiger partial charge in [-0.25, -0.2) is 9.78 Å². The van der Waals surface area contributed by atoms with Crippen LogP contribution in [0.15, 0.2) is 48.5 Å². The Morgan fingerprint density at radius 2 is 1.83 bits per heavy atom. The average Bonchev–Trinajstić information content (AvgIpc) is 3.01. The molecule has 0 saturated heterocycles. The fourth-order valence-corrected chi connectivity index (χ4v) is 3.52. The van der Waals surface area contributed by atoms with Crippen molar-refractivity contribution < 1.29 is 66.4 Å². The van der Waals surface area contributed by atoms with Crippen LogP contribution in [0.4, 0.5) is 0 Å². The molecular formula is C22H23ClKN2O3+. The van der Waals surface area contributed by atoms with Crippen molar-refractivity contribution in [1.82, 2.24) is 9.55 Å². The van der Waals surface area contributed by atoms with Crippen molar-refractivity contribution in [3.8, 4) is 11.1 Å². The number of hydrogen-bond acceptors (Lipinski definition) is 3. The molecule has 0 saturated carbocycles. The van der Waals surface area contributed by atoms with Gasteiger partial charge in [-0.1, -0.05) is 67.4 Å². The minimum atomic E-state index is -0.944. The van der Waals surface area contributed by atoms with Crippen molar-refractivity contribution in [1.29, 1.82) is 0 Å². The predicted octanol–water partition coefficient (Wildman–Crippen LogP) is 1.79. The number of aryl methyl sites for hydroxylation is 1. The second-order valence-electron chi connectivity index (χ2n) is 6.66. The second-order valence-corrected chi connectivity index (χ2v) is 7.02. The van der Waals surface area contributed by atoms with Gasteiger partial charge in [-0.3, -0.25) is 0 Å². The van der Waals surface area contributed by atoms with E-state index < -0.39 is 5.97 Å². The van der Waals surface area contributed by atoms with Gasteiger partial charge in [0.15, 0.2) is 5.15 Å². The Kier molecular flexibility index (Phi) is 9.55. The number of aromatic nitrogens is 2. The van der Waals surface area contributed by atoms with E-state index in [2.05, 4.69) is 11.9 Å². The summed E-state index contributed by atoms with van der Waals surface area (Å²) in [6, 6.07) is 14.7. The Hall–Kier alpha value is -0.994. The number of imidazole rings is 1. The summed E-state index contributed by atoms with van der Waals surface area (Å²) in [6.07, 6.45) is 2.86. The molecular weight excluding hydrogens is 415 g/mol. The number of carboxylic acid groups (broad SMARTS) is 1. The molecule has 0 aliphatic heterocycles. The van der Waals surface area contributed by atoms with Crippen LogP contribution in [0.5, 0.6) is 0 Å². The van der Waals surface area contributed by atoms with E-state index in [0.717, 1.165) is 36.2 Å². The average molecular weight is 438 g/mol. The molecule has 3 aromatic rings. The van der Waals surface area contributed by atoms with Crippen molar-refractivity contribution in [3.63, 3.8) is 0 Å². The van der Waals surface area contributed by atoms with E-state index in [4.69, 9.17) is 11.6 Å². The molecule has 2 N–H and O–H groups in total. The van der Waals surface area contributed by atoms with Crippen LogP contribution in [0.2, 0.25) is 5.15 Å². The number of rotatable bonds is 8. The maximum absolute atomic E-state index is 11.5. The van der Waals surface area contributed by atoms with Gasteiger partial charge in [-0.2, -0.15) is 0 Å². The van der Waals surface area contributed by atoms with E-state index in [-0.39, 0.29) is 63.6 Å². The fourth-order valence-electron chi connectivity index (χ4n) is 3.26. The normalized spacial score (nSPS) is 10.6. The molecule has 5 nitrogen and oxygen atoms in total. The third-order valence-corrected chi connectivity index (χ3v) is 5.07. The number of halogens is 1. The minimum absolute atomic E-state index is 0. The van der Waals surface area contributed by atoms with Gasteiger partial charge in [-0.15, -0.1) is 0 Å². The van der Waals surface area contributed by atoms with Crippen LogP contribution >= 0.6 is 11.6 Å². The van der Waals surface area contributed by atoms with Gasteiger partial charge < -0.3 is 14.8 Å². The van der Waals surface area contributed by atoms with E-state index in [0.29, 0.717) is 23.0 Å². The predicted molar refractivity (Wildman–Crippen MR) is 110 cm³/mol. The standard InChI is InChI=1S/C22H23ClN2O3.K/c1-2-3-8-20-24-21(23)19(14-26)25(20)13-15-9-11-16(12-10-15)17-6-4-5-7-18(17)22(27)28;/h4-7,9-12,26H,2-3,8,13-14H2,1H3,(H,27,28);/q;+1. The first-order chi connectivity index (χ1) is 13.5. The van der Waals surface area contributed by atoms with Crippen LogP contribution in [-0.4, -0.2) is 25.7 Å². The number of benzene rings is 2. The van der Waals surface area contributed by atoms with Crippen LogP contribution in [0, 0.1) is 0 Å². The molecule has 0 radical (unpaired) electrons. The molecule has 0 aliphatic rings. The number of aliphatic hydroxyl groups excluding tert-OH is 1. The molecule has 0 fully saturated rings. The first-order valence-electron chi connectivity index (χ1n) is 9.31. The zero-order chi connectivity index (χ0) is 20.1. The summed E-state index contributed by atoms with van der Waals surface area (Å²) in [6.45, 7) is 2.51. The molecule has 0 bridgehead atoms. The molecule has 1 heterocycles. The van der Waals surface area contributed by atoms with Gasteiger partial charge in [0.05, 0.1) is 17.9 Å². The van der Waals surface area contributed by atoms with Crippen LogP contribution in [0.25, 0.3) is 11.1 Å². The molecule has 0 spiro atoms. The van der Waals surface area contributed by atoms with Crippen molar-refractivity contribution in [2.45, 2.75) is 39.3 Å². The van der Waals surface area contributed by atoms with Gasteiger partial charge in [0, 0.05) is 13.0 Å². The van der Waals surface area contributed by atoms with Gasteiger partial charge >= 0.3 is 57.4 Å². The summed E-state index contributed by atoms with van der Waals surface area (Å²) in [4.78, 5) is 15.9. The van der Waals surface area contributed by atoms with E-state index in [1.54, 1.807) is 18.2 Å². The molecule has 0 unspecified atom stereocenters. The molecule has 3 rings (SSSR count). The Balaban J connectivity index is 0.00000300. The summed E-state index contributed by atoms with van der Waals surface area (Å²) in [7, 11) is 0. The summed E-state index contributed by atoms with van der Waals surface area (Å²) in [5, 5.41) is 19.4. The van der Waals surface area contributed by atoms with Crippen LogP contribution in [0.3, 0.4) is 0 Å². The quantitative estimate of drug-likeness (QED) is 0.527. The summed E-state index contributed by atoms with van der Waals surface area (Å²) in [5.74, 6) is -0.0721. The Morgan fingerprint density at radius 3 is 2.45 bits per heavy atom. The number of carbonyl (C=O) groups is 1. The molecule has 7 heteroatoms. The smallest absolute Gasteiger partial charge is 0.478 e. The van der Waals surface area contributed by atoms with Crippen LogP contribution in [-0.2, 0) is 19.6 Å². The topological polar surface area (TPSA) is 75.4 Å². The van der Waals surface area contributed by atoms with Gasteiger partial charge in [0.2, 0.25) is 0 Å². The molecule has 2 aromatic carbocycles. The number of unbranched alkanes of at least 4 members (excludes halogenated alkanes) is 1. The minimum Gasteiger partial charge on any atom is -0.478 e. The zero-order valence-electron chi connectivity index (χ0n) is 16.7. The number of carboxylic acids is 1. The van der Waals surface area contributed by atoms with E-state index >= 15 is 0 Å². The van der Waals surface area contributed by atoms with Gasteiger partial charge in [0.25, 0.3) is 0 Å². The Morgan fingerprint density at radius 1 is 1.14 bits per heavy atom. The molecule has 0 amide bonds. The number of aliphatic hydroxyl groups is 1. The van der Waals surface area contributed by atoms with Crippen molar-refractivity contribution in [2.75, 3.05) is 0 Å². The van der Waals surface area contributed by atoms with Crippen molar-refractivity contribution in [3.05, 3.63) is 76.3 Å². The monoisotopic (exact) mass is 437 g/mol. The van der Waals surface area contributed by atoms with Gasteiger partial charge in [-0.05, 0) is 29.2 Å². The molecule has 29 heavy (non-hydrogen) atoms. The Labute approximate surface area is 218 Å². The Bertz CT molecular complexity index is 971. The zero-order valence-corrected chi connectivity index (χ0v) is 20.6. The maximum atomic E-state index is 11.5. The number of hydrogen-bond donors (Lipinski definition) is 2. The van der Waals surface area contributed by atoms with E-state index in [1.165, 1.54) is 0 Å².